The van der Waals surface area contributed by atoms with Crippen molar-refractivity contribution in [2.45, 2.75) is 6.42 Å². The second kappa shape index (κ2) is 5.26. The van der Waals surface area contributed by atoms with Crippen LogP contribution >= 0.6 is 12.2 Å². The minimum absolute atomic E-state index is 0.247. The Morgan fingerprint density at radius 1 is 1.27 bits per heavy atom. The van der Waals surface area contributed by atoms with Gasteiger partial charge in [-0.25, -0.2) is 0 Å². The third kappa shape index (κ3) is 3.91. The number of thiocarbonyl (C=S) groups is 1. The lowest BCUT2D eigenvalue weighted by molar-refractivity contribution is -0.117. The quantitative estimate of drug-likeness (QED) is 0.749. The highest BCUT2D eigenvalue weighted by Crippen LogP contribution is 2.06. The zero-order valence-electron chi connectivity index (χ0n) is 8.14. The summed E-state index contributed by atoms with van der Waals surface area (Å²) in [5, 5.41) is 0. The van der Waals surface area contributed by atoms with Gasteiger partial charge in [0.05, 0.1) is 0 Å². The Hall–Kier alpha value is -1.68. The Morgan fingerprint density at radius 3 is 2.33 bits per heavy atom. The van der Waals surface area contributed by atoms with E-state index in [1.54, 1.807) is 6.08 Å². The van der Waals surface area contributed by atoms with Crippen LogP contribution < -0.4 is 11.5 Å². The number of primary amides is 1. The fraction of sp³-hybridized carbons (Fsp3) is 0.0909. The van der Waals surface area contributed by atoms with Gasteiger partial charge < -0.3 is 11.5 Å². The number of hydrogen-bond donors (Lipinski definition) is 2. The second-order valence-electron chi connectivity index (χ2n) is 3.06. The predicted octanol–water partition coefficient (Wildman–Crippen LogP) is 1.21. The maximum atomic E-state index is 10.5. The summed E-state index contributed by atoms with van der Waals surface area (Å²) in [4.78, 5) is 10.8. The number of nitrogens with two attached hydrogens (primary N) is 2. The maximum absolute atomic E-state index is 10.5. The molecule has 1 aromatic carbocycles. The Kier molecular flexibility index (Phi) is 4.00. The Bertz CT molecular complexity index is 396. The summed E-state index contributed by atoms with van der Waals surface area (Å²) in [5.74, 6) is -0.342. The van der Waals surface area contributed by atoms with Crippen molar-refractivity contribution in [2.24, 2.45) is 11.5 Å². The van der Waals surface area contributed by atoms with Crippen molar-refractivity contribution in [2.75, 3.05) is 0 Å². The van der Waals surface area contributed by atoms with Crippen molar-refractivity contribution in [1.29, 1.82) is 0 Å². The molecule has 0 saturated carbocycles. The van der Waals surface area contributed by atoms with Gasteiger partial charge in [-0.05, 0) is 5.56 Å². The van der Waals surface area contributed by atoms with Crippen LogP contribution in [0.4, 0.5) is 0 Å². The van der Waals surface area contributed by atoms with Crippen LogP contribution in [0.3, 0.4) is 0 Å². The molecule has 0 aliphatic heterocycles. The summed E-state index contributed by atoms with van der Waals surface area (Å²) in [6.07, 6.45) is 3.79. The molecule has 78 valence electrons. The van der Waals surface area contributed by atoms with Crippen molar-refractivity contribution in [1.82, 2.24) is 0 Å². The van der Waals surface area contributed by atoms with Gasteiger partial charge in [-0.1, -0.05) is 48.6 Å². The van der Waals surface area contributed by atoms with Crippen molar-refractivity contribution >= 4 is 29.2 Å². The van der Waals surface area contributed by atoms with Crippen LogP contribution in [0, 0.1) is 0 Å². The summed E-state index contributed by atoms with van der Waals surface area (Å²) in [5.41, 5.74) is 12.3. The van der Waals surface area contributed by atoms with E-state index in [2.05, 4.69) is 0 Å². The first-order chi connectivity index (χ1) is 7.09. The predicted molar refractivity (Wildman–Crippen MR) is 65.2 cm³/mol. The lowest BCUT2D eigenvalue weighted by Gasteiger charge is -1.98. The summed E-state index contributed by atoms with van der Waals surface area (Å²) >= 11 is 4.83. The molecule has 0 heterocycles. The standard InChI is InChI=1S/C11H12N2OS/c12-10(14)3-1-2-8-4-6-9(7-5-8)11(13)15/h1-2,4-7H,3H2,(H2,12,14)(H2,13,15). The Balaban J connectivity index is 2.68. The van der Waals surface area contributed by atoms with E-state index in [0.29, 0.717) is 4.99 Å². The number of amides is 1. The Labute approximate surface area is 93.8 Å². The number of carbonyl (C=O) groups excluding carboxylic acids is 1. The molecule has 0 saturated heterocycles. The van der Waals surface area contributed by atoms with Crippen molar-refractivity contribution < 1.29 is 4.79 Å². The minimum atomic E-state index is -0.342. The van der Waals surface area contributed by atoms with Gasteiger partial charge in [0.15, 0.2) is 0 Å². The number of benzene rings is 1. The van der Waals surface area contributed by atoms with Gasteiger partial charge in [-0.3, -0.25) is 4.79 Å². The molecule has 4 heteroatoms. The van der Waals surface area contributed by atoms with E-state index in [-0.39, 0.29) is 12.3 Å². The molecule has 1 amide bonds. The van der Waals surface area contributed by atoms with E-state index in [1.165, 1.54) is 0 Å². The lowest BCUT2D eigenvalue weighted by atomic mass is 10.1. The maximum Gasteiger partial charge on any atom is 0.221 e. The van der Waals surface area contributed by atoms with E-state index in [0.717, 1.165) is 11.1 Å². The first-order valence-corrected chi connectivity index (χ1v) is 4.85. The van der Waals surface area contributed by atoms with Crippen molar-refractivity contribution in [3.63, 3.8) is 0 Å². The molecule has 15 heavy (non-hydrogen) atoms. The van der Waals surface area contributed by atoms with Crippen molar-refractivity contribution in [3.05, 3.63) is 41.5 Å². The van der Waals surface area contributed by atoms with Crippen LogP contribution in [-0.4, -0.2) is 10.9 Å². The number of carbonyl (C=O) groups is 1. The molecule has 0 fully saturated rings. The van der Waals surface area contributed by atoms with Gasteiger partial charge in [0.25, 0.3) is 0 Å². The largest absolute Gasteiger partial charge is 0.389 e. The highest BCUT2D eigenvalue weighted by Gasteiger charge is 1.94. The molecule has 1 aromatic rings. The highest BCUT2D eigenvalue weighted by atomic mass is 32.1. The summed E-state index contributed by atoms with van der Waals surface area (Å²) in [7, 11) is 0. The van der Waals surface area contributed by atoms with Crippen LogP contribution in [0.2, 0.25) is 0 Å². The third-order valence-corrected chi connectivity index (χ3v) is 2.06. The van der Waals surface area contributed by atoms with E-state index in [1.807, 2.05) is 30.3 Å². The first-order valence-electron chi connectivity index (χ1n) is 4.44. The fourth-order valence-electron chi connectivity index (χ4n) is 1.07. The van der Waals surface area contributed by atoms with Crippen LogP contribution in [-0.2, 0) is 4.79 Å². The van der Waals surface area contributed by atoms with Gasteiger partial charge in [-0.15, -0.1) is 0 Å². The van der Waals surface area contributed by atoms with Gasteiger partial charge in [0.1, 0.15) is 4.99 Å². The first kappa shape index (κ1) is 11.4. The molecule has 0 aliphatic carbocycles. The third-order valence-electron chi connectivity index (χ3n) is 1.82. The van der Waals surface area contributed by atoms with Crippen LogP contribution in [0.25, 0.3) is 6.08 Å². The Morgan fingerprint density at radius 2 is 1.87 bits per heavy atom. The molecule has 0 atom stereocenters. The average molecular weight is 220 g/mol. The fourth-order valence-corrected chi connectivity index (χ4v) is 1.21. The number of rotatable bonds is 4. The number of hydrogen-bond acceptors (Lipinski definition) is 2. The van der Waals surface area contributed by atoms with E-state index >= 15 is 0 Å². The monoisotopic (exact) mass is 220 g/mol. The lowest BCUT2D eigenvalue weighted by Crippen LogP contribution is -2.08. The summed E-state index contributed by atoms with van der Waals surface area (Å²) in [6.45, 7) is 0. The smallest absolute Gasteiger partial charge is 0.221 e. The normalized spacial score (nSPS) is 10.4. The molecule has 0 unspecified atom stereocenters. The van der Waals surface area contributed by atoms with E-state index in [4.69, 9.17) is 23.7 Å². The average Bonchev–Trinajstić information content (AvgIpc) is 2.18. The van der Waals surface area contributed by atoms with E-state index < -0.39 is 0 Å². The summed E-state index contributed by atoms with van der Waals surface area (Å²) < 4.78 is 0. The second-order valence-corrected chi connectivity index (χ2v) is 3.50. The van der Waals surface area contributed by atoms with Gasteiger partial charge in [0, 0.05) is 12.0 Å². The van der Waals surface area contributed by atoms with Crippen molar-refractivity contribution in [3.8, 4) is 0 Å². The molecular formula is C11H12N2OS. The molecule has 0 aromatic heterocycles. The van der Waals surface area contributed by atoms with Gasteiger partial charge >= 0.3 is 0 Å². The SMILES string of the molecule is NC(=O)CC=Cc1ccc(C(N)=S)cc1. The molecule has 1 rings (SSSR count). The topological polar surface area (TPSA) is 69.1 Å². The molecule has 0 bridgehead atoms. The minimum Gasteiger partial charge on any atom is -0.389 e. The zero-order chi connectivity index (χ0) is 11.3. The molecule has 0 radical (unpaired) electrons. The molecular weight excluding hydrogens is 208 g/mol. The van der Waals surface area contributed by atoms with Gasteiger partial charge in [-0.2, -0.15) is 0 Å². The molecule has 3 nitrogen and oxygen atoms in total. The molecule has 0 spiro atoms. The molecule has 4 N–H and O–H groups in total. The van der Waals surface area contributed by atoms with Crippen LogP contribution in [0.5, 0.6) is 0 Å². The summed E-state index contributed by atoms with van der Waals surface area (Å²) in [6, 6.07) is 7.44. The van der Waals surface area contributed by atoms with Crippen LogP contribution in [0.1, 0.15) is 17.5 Å². The zero-order valence-corrected chi connectivity index (χ0v) is 8.96. The van der Waals surface area contributed by atoms with Gasteiger partial charge in [0.2, 0.25) is 5.91 Å². The van der Waals surface area contributed by atoms with Crippen LogP contribution in [0.15, 0.2) is 30.3 Å². The molecule has 0 aliphatic rings. The highest BCUT2D eigenvalue weighted by molar-refractivity contribution is 7.80. The van der Waals surface area contributed by atoms with E-state index in [9.17, 15) is 4.79 Å².